The van der Waals surface area contributed by atoms with Crippen molar-refractivity contribution in [1.82, 2.24) is 0 Å². The Hall–Kier alpha value is -1.13. The van der Waals surface area contributed by atoms with Gasteiger partial charge in [0.25, 0.3) is 0 Å². The van der Waals surface area contributed by atoms with Gasteiger partial charge in [-0.25, -0.2) is 0 Å². The standard InChI is InChI=1S/C17H25BO3/c1-3-5-12-15(19)17-16(13-6-4-2)20-18(21-17)14-10-8-7-9-11-14/h7-11,16-17H,3-6,12-13H2,1-2H3/t16-,17-/m1/s1. The quantitative estimate of drug-likeness (QED) is 0.689. The predicted molar refractivity (Wildman–Crippen MR) is 85.6 cm³/mol. The van der Waals surface area contributed by atoms with Gasteiger partial charge in [-0.05, 0) is 18.3 Å². The SMILES string of the molecule is CCCCC(=O)[C@H]1OB(c2ccccc2)O[C@@H]1CCCC. The highest BCUT2D eigenvalue weighted by atomic mass is 16.7. The molecule has 0 N–H and O–H groups in total. The molecule has 3 nitrogen and oxygen atoms in total. The summed E-state index contributed by atoms with van der Waals surface area (Å²) in [6.45, 7) is 4.25. The minimum absolute atomic E-state index is 0.0977. The molecule has 1 aromatic rings. The zero-order chi connectivity index (χ0) is 15.1. The van der Waals surface area contributed by atoms with Gasteiger partial charge in [0.05, 0.1) is 6.10 Å². The molecule has 1 aromatic carbocycles. The Morgan fingerprint density at radius 2 is 1.81 bits per heavy atom. The lowest BCUT2D eigenvalue weighted by Gasteiger charge is -2.16. The zero-order valence-electron chi connectivity index (χ0n) is 13.1. The average molecular weight is 288 g/mol. The van der Waals surface area contributed by atoms with E-state index in [0.29, 0.717) is 6.42 Å². The van der Waals surface area contributed by atoms with Gasteiger partial charge in [-0.3, -0.25) is 4.79 Å². The molecule has 0 aromatic heterocycles. The molecule has 0 spiro atoms. The normalized spacial score (nSPS) is 21.7. The third-order valence-electron chi connectivity index (χ3n) is 3.91. The summed E-state index contributed by atoms with van der Waals surface area (Å²) in [4.78, 5) is 12.3. The minimum atomic E-state index is -0.399. The van der Waals surface area contributed by atoms with Gasteiger partial charge >= 0.3 is 7.12 Å². The largest absolute Gasteiger partial charge is 0.494 e. The second-order valence-corrected chi connectivity index (χ2v) is 5.69. The van der Waals surface area contributed by atoms with Crippen molar-refractivity contribution >= 4 is 18.4 Å². The van der Waals surface area contributed by atoms with E-state index in [-0.39, 0.29) is 11.9 Å². The van der Waals surface area contributed by atoms with E-state index in [2.05, 4.69) is 13.8 Å². The molecule has 2 atom stereocenters. The van der Waals surface area contributed by atoms with Crippen molar-refractivity contribution < 1.29 is 14.1 Å². The molecule has 1 aliphatic heterocycles. The van der Waals surface area contributed by atoms with Gasteiger partial charge in [0.2, 0.25) is 0 Å². The lowest BCUT2D eigenvalue weighted by atomic mass is 9.79. The highest BCUT2D eigenvalue weighted by Gasteiger charge is 2.43. The Kier molecular flexibility index (Phi) is 6.46. The Balaban J connectivity index is 2.04. The van der Waals surface area contributed by atoms with E-state index in [1.165, 1.54) is 0 Å². The first-order chi connectivity index (χ1) is 10.3. The fraction of sp³-hybridized carbons (Fsp3) is 0.588. The molecule has 0 unspecified atom stereocenters. The Bertz CT molecular complexity index is 435. The van der Waals surface area contributed by atoms with Crippen LogP contribution < -0.4 is 5.46 Å². The predicted octanol–water partition coefficient (Wildman–Crippen LogP) is 3.12. The number of hydrogen-bond donors (Lipinski definition) is 0. The minimum Gasteiger partial charge on any atom is -0.401 e. The first-order valence-corrected chi connectivity index (χ1v) is 8.14. The molecule has 0 radical (unpaired) electrons. The number of unbranched alkanes of at least 4 members (excludes halogenated alkanes) is 2. The molecule has 114 valence electrons. The van der Waals surface area contributed by atoms with Crippen molar-refractivity contribution in [2.24, 2.45) is 0 Å². The summed E-state index contributed by atoms with van der Waals surface area (Å²) < 4.78 is 12.0. The van der Waals surface area contributed by atoms with Gasteiger partial charge < -0.3 is 9.31 Å². The summed E-state index contributed by atoms with van der Waals surface area (Å²) in [5.41, 5.74) is 0.991. The summed E-state index contributed by atoms with van der Waals surface area (Å²) in [6.07, 6.45) is 5.11. The Morgan fingerprint density at radius 3 is 2.48 bits per heavy atom. The van der Waals surface area contributed by atoms with E-state index in [1.807, 2.05) is 30.3 Å². The average Bonchev–Trinajstić information content (AvgIpc) is 2.95. The summed E-state index contributed by atoms with van der Waals surface area (Å²) in [6, 6.07) is 9.88. The van der Waals surface area contributed by atoms with Crippen molar-refractivity contribution in [2.75, 3.05) is 0 Å². The Labute approximate surface area is 128 Å². The molecular weight excluding hydrogens is 263 g/mol. The van der Waals surface area contributed by atoms with Crippen LogP contribution in [0.5, 0.6) is 0 Å². The first kappa shape index (κ1) is 16.2. The third-order valence-corrected chi connectivity index (χ3v) is 3.91. The molecule has 4 heteroatoms. The molecule has 1 saturated heterocycles. The molecule has 2 rings (SSSR count). The second-order valence-electron chi connectivity index (χ2n) is 5.69. The van der Waals surface area contributed by atoms with Gasteiger partial charge in [0.1, 0.15) is 6.10 Å². The summed E-state index contributed by atoms with van der Waals surface area (Å²) in [5.74, 6) is 0.191. The van der Waals surface area contributed by atoms with Crippen LogP contribution in [0.1, 0.15) is 52.4 Å². The van der Waals surface area contributed by atoms with E-state index in [1.54, 1.807) is 0 Å². The van der Waals surface area contributed by atoms with Crippen LogP contribution in [0.2, 0.25) is 0 Å². The summed E-state index contributed by atoms with van der Waals surface area (Å²) >= 11 is 0. The lowest BCUT2D eigenvalue weighted by Crippen LogP contribution is -2.33. The fourth-order valence-electron chi connectivity index (χ4n) is 2.65. The first-order valence-electron chi connectivity index (χ1n) is 8.14. The Morgan fingerprint density at radius 1 is 1.10 bits per heavy atom. The van der Waals surface area contributed by atoms with Crippen LogP contribution in [0.25, 0.3) is 0 Å². The maximum Gasteiger partial charge on any atom is 0.494 e. The molecular formula is C17H25BO3. The van der Waals surface area contributed by atoms with E-state index >= 15 is 0 Å². The van der Waals surface area contributed by atoms with Gasteiger partial charge in [-0.15, -0.1) is 0 Å². The monoisotopic (exact) mass is 288 g/mol. The van der Waals surface area contributed by atoms with Crippen LogP contribution in [0.15, 0.2) is 30.3 Å². The molecule has 1 aliphatic rings. The number of rotatable bonds is 8. The summed E-state index contributed by atoms with van der Waals surface area (Å²) in [5, 5.41) is 0. The number of carbonyl (C=O) groups excluding carboxylic acids is 1. The van der Waals surface area contributed by atoms with Gasteiger partial charge in [-0.1, -0.05) is 63.4 Å². The number of hydrogen-bond acceptors (Lipinski definition) is 3. The molecule has 0 amide bonds. The number of benzene rings is 1. The van der Waals surface area contributed by atoms with Crippen LogP contribution in [0, 0.1) is 0 Å². The highest BCUT2D eigenvalue weighted by Crippen LogP contribution is 2.23. The van der Waals surface area contributed by atoms with Gasteiger partial charge in [0.15, 0.2) is 5.78 Å². The van der Waals surface area contributed by atoms with Crippen molar-refractivity contribution in [1.29, 1.82) is 0 Å². The van der Waals surface area contributed by atoms with Crippen LogP contribution >= 0.6 is 0 Å². The topological polar surface area (TPSA) is 35.5 Å². The number of Topliss-reactive ketones (excluding diaryl/α,β-unsaturated/α-hetero) is 1. The highest BCUT2D eigenvalue weighted by molar-refractivity contribution is 6.62. The van der Waals surface area contributed by atoms with Crippen molar-refractivity contribution in [3.8, 4) is 0 Å². The van der Waals surface area contributed by atoms with E-state index in [9.17, 15) is 4.79 Å². The smallest absolute Gasteiger partial charge is 0.401 e. The second kappa shape index (κ2) is 8.35. The maximum atomic E-state index is 12.3. The van der Waals surface area contributed by atoms with Crippen LogP contribution in [-0.2, 0) is 14.1 Å². The lowest BCUT2D eigenvalue weighted by molar-refractivity contribution is -0.127. The fourth-order valence-corrected chi connectivity index (χ4v) is 2.65. The van der Waals surface area contributed by atoms with Gasteiger partial charge in [-0.2, -0.15) is 0 Å². The van der Waals surface area contributed by atoms with E-state index in [4.69, 9.17) is 9.31 Å². The third kappa shape index (κ3) is 4.42. The van der Waals surface area contributed by atoms with Gasteiger partial charge in [0, 0.05) is 6.42 Å². The van der Waals surface area contributed by atoms with E-state index < -0.39 is 13.2 Å². The zero-order valence-corrected chi connectivity index (χ0v) is 13.1. The van der Waals surface area contributed by atoms with E-state index in [0.717, 1.165) is 37.6 Å². The number of ketones is 1. The number of carbonyl (C=O) groups is 1. The van der Waals surface area contributed by atoms with Crippen LogP contribution in [0.3, 0.4) is 0 Å². The molecule has 1 heterocycles. The van der Waals surface area contributed by atoms with Crippen LogP contribution in [0.4, 0.5) is 0 Å². The van der Waals surface area contributed by atoms with Crippen LogP contribution in [-0.4, -0.2) is 25.1 Å². The van der Waals surface area contributed by atoms with Crippen molar-refractivity contribution in [3.63, 3.8) is 0 Å². The van der Waals surface area contributed by atoms with Crippen molar-refractivity contribution in [3.05, 3.63) is 30.3 Å². The maximum absolute atomic E-state index is 12.3. The molecule has 0 bridgehead atoms. The molecule has 21 heavy (non-hydrogen) atoms. The molecule has 1 fully saturated rings. The molecule has 0 saturated carbocycles. The molecule has 0 aliphatic carbocycles. The summed E-state index contributed by atoms with van der Waals surface area (Å²) in [7, 11) is -0.399. The van der Waals surface area contributed by atoms with Crippen molar-refractivity contribution in [2.45, 2.75) is 64.6 Å².